The van der Waals surface area contributed by atoms with Gasteiger partial charge in [0, 0.05) is 19.2 Å². The molecule has 0 atom stereocenters. The zero-order valence-electron chi connectivity index (χ0n) is 17.6. The van der Waals surface area contributed by atoms with Gasteiger partial charge in [-0.15, -0.1) is 0 Å². The summed E-state index contributed by atoms with van der Waals surface area (Å²) in [5, 5.41) is 3.14. The molecule has 0 bridgehead atoms. The van der Waals surface area contributed by atoms with E-state index in [0.29, 0.717) is 29.4 Å². The minimum Gasteiger partial charge on any atom is -0.397 e. The van der Waals surface area contributed by atoms with E-state index in [1.54, 1.807) is 7.05 Å². The molecule has 0 saturated heterocycles. The number of nitrogens with two attached hydrogens (primary N) is 1. The van der Waals surface area contributed by atoms with E-state index in [1.165, 1.54) is 23.6 Å². The number of imidazole rings is 1. The molecule has 0 radical (unpaired) electrons. The first-order valence-corrected chi connectivity index (χ1v) is 11.3. The summed E-state index contributed by atoms with van der Waals surface area (Å²) in [7, 11) is -2.10. The number of aryl methyl sites for hydroxylation is 1. The molecule has 0 spiro atoms. The van der Waals surface area contributed by atoms with Crippen LogP contribution in [0.5, 0.6) is 0 Å². The fourth-order valence-electron chi connectivity index (χ4n) is 3.14. The first kappa shape index (κ1) is 22.9. The van der Waals surface area contributed by atoms with E-state index >= 15 is 0 Å². The molecule has 11 heteroatoms. The third-order valence-corrected chi connectivity index (χ3v) is 6.63. The lowest BCUT2D eigenvalue weighted by atomic mass is 10.1. The number of aromatic nitrogens is 3. The Morgan fingerprint density at radius 2 is 1.90 bits per heavy atom. The highest BCUT2D eigenvalue weighted by molar-refractivity contribution is 7.91. The molecule has 168 valence electrons. The van der Waals surface area contributed by atoms with Crippen molar-refractivity contribution in [2.24, 2.45) is 13.0 Å². The molecule has 0 aliphatic heterocycles. The number of nitrogen functional groups attached to an aromatic ring is 1. The summed E-state index contributed by atoms with van der Waals surface area (Å²) in [5.74, 6) is 0.336. The fraction of sp³-hybridized carbons (Fsp3) is 0.400. The van der Waals surface area contributed by atoms with E-state index in [0.717, 1.165) is 12.3 Å². The van der Waals surface area contributed by atoms with Crippen LogP contribution in [0.1, 0.15) is 26.5 Å². The van der Waals surface area contributed by atoms with Gasteiger partial charge >= 0.3 is 6.18 Å². The van der Waals surface area contributed by atoms with Gasteiger partial charge in [0.05, 0.1) is 39.3 Å². The smallest absolute Gasteiger partial charge is 0.397 e. The number of alkyl halides is 3. The van der Waals surface area contributed by atoms with Gasteiger partial charge in [-0.1, -0.05) is 20.8 Å². The highest BCUT2D eigenvalue weighted by atomic mass is 32.2. The number of pyridine rings is 1. The van der Waals surface area contributed by atoms with E-state index in [9.17, 15) is 21.6 Å². The van der Waals surface area contributed by atoms with Gasteiger partial charge in [-0.25, -0.2) is 18.4 Å². The molecule has 0 aliphatic carbocycles. The summed E-state index contributed by atoms with van der Waals surface area (Å²) >= 11 is 0. The average Bonchev–Trinajstić information content (AvgIpc) is 3.01. The zero-order valence-corrected chi connectivity index (χ0v) is 18.4. The number of fused-ring (bicyclic) bond motifs is 1. The molecule has 31 heavy (non-hydrogen) atoms. The maximum absolute atomic E-state index is 13.0. The van der Waals surface area contributed by atoms with Crippen LogP contribution in [0.3, 0.4) is 0 Å². The van der Waals surface area contributed by atoms with Crippen LogP contribution in [-0.4, -0.2) is 35.3 Å². The summed E-state index contributed by atoms with van der Waals surface area (Å²) in [5.41, 5.74) is 6.50. The van der Waals surface area contributed by atoms with Crippen LogP contribution < -0.4 is 11.1 Å². The van der Waals surface area contributed by atoms with Crippen molar-refractivity contribution < 1.29 is 21.6 Å². The van der Waals surface area contributed by atoms with Crippen molar-refractivity contribution in [1.82, 2.24) is 14.5 Å². The van der Waals surface area contributed by atoms with Gasteiger partial charge in [0.2, 0.25) is 0 Å². The molecule has 3 N–H and O–H groups in total. The molecular formula is C20H24F3N5O2S. The minimum atomic E-state index is -4.61. The van der Waals surface area contributed by atoms with Crippen molar-refractivity contribution in [3.05, 3.63) is 30.1 Å². The summed E-state index contributed by atoms with van der Waals surface area (Å²) in [6.45, 7) is 6.12. The van der Waals surface area contributed by atoms with E-state index in [-0.39, 0.29) is 27.6 Å². The van der Waals surface area contributed by atoms with E-state index in [4.69, 9.17) is 5.73 Å². The number of nitrogens with zero attached hydrogens (tertiary/aromatic N) is 3. The van der Waals surface area contributed by atoms with Crippen LogP contribution >= 0.6 is 0 Å². The lowest BCUT2D eigenvalue weighted by Crippen LogP contribution is -2.13. The number of hydrogen-bond donors (Lipinski definition) is 2. The molecule has 0 aliphatic rings. The predicted molar refractivity (Wildman–Crippen MR) is 114 cm³/mol. The highest BCUT2D eigenvalue weighted by Crippen LogP contribution is 2.36. The van der Waals surface area contributed by atoms with Crippen LogP contribution in [0.15, 0.2) is 29.3 Å². The first-order chi connectivity index (χ1) is 14.3. The molecule has 0 unspecified atom stereocenters. The number of nitrogens with one attached hydrogen (secondary N) is 1. The summed E-state index contributed by atoms with van der Waals surface area (Å²) < 4.78 is 66.3. The van der Waals surface area contributed by atoms with Gasteiger partial charge in [-0.2, -0.15) is 13.2 Å². The molecule has 2 aromatic heterocycles. The van der Waals surface area contributed by atoms with Gasteiger partial charge in [0.25, 0.3) is 0 Å². The Morgan fingerprint density at radius 1 is 1.23 bits per heavy atom. The number of benzene rings is 1. The molecule has 1 aromatic carbocycles. The Labute approximate surface area is 178 Å². The molecule has 0 fully saturated rings. The Balaban J connectivity index is 2.25. The van der Waals surface area contributed by atoms with E-state index in [1.807, 2.05) is 13.8 Å². The monoisotopic (exact) mass is 455 g/mol. The number of anilines is 2. The molecular weight excluding hydrogens is 431 g/mol. The number of halogens is 3. The van der Waals surface area contributed by atoms with Crippen LogP contribution in [0.4, 0.5) is 24.5 Å². The van der Waals surface area contributed by atoms with Crippen molar-refractivity contribution in [1.29, 1.82) is 0 Å². The third kappa shape index (κ3) is 4.46. The summed E-state index contributed by atoms with van der Waals surface area (Å²) in [4.78, 5) is 7.77. The standard InChI is InChI=1S/C20H24F3N5O2S/c1-5-31(29,30)17-7-14(25-9-11(2)3)13(24)6-12(17)19-27-15-8-18(20(21,22)23)26-10-16(15)28(19)4/h6-8,10-11,25H,5,9,24H2,1-4H3. The van der Waals surface area contributed by atoms with Gasteiger partial charge in [0.15, 0.2) is 9.84 Å². The lowest BCUT2D eigenvalue weighted by molar-refractivity contribution is -0.141. The minimum absolute atomic E-state index is 0.0119. The van der Waals surface area contributed by atoms with Crippen LogP contribution in [0, 0.1) is 5.92 Å². The lowest BCUT2D eigenvalue weighted by Gasteiger charge is -2.16. The van der Waals surface area contributed by atoms with Crippen molar-refractivity contribution in [2.45, 2.75) is 31.8 Å². The Kier molecular flexibility index (Phi) is 5.92. The topological polar surface area (TPSA) is 103 Å². The first-order valence-electron chi connectivity index (χ1n) is 9.65. The van der Waals surface area contributed by atoms with Gasteiger partial charge in [-0.3, -0.25) is 0 Å². The highest BCUT2D eigenvalue weighted by Gasteiger charge is 2.33. The SMILES string of the molecule is CCS(=O)(=O)c1cc(NCC(C)C)c(N)cc1-c1nc2cc(C(F)(F)F)ncc2n1C. The Bertz CT molecular complexity index is 1230. The average molecular weight is 456 g/mol. The largest absolute Gasteiger partial charge is 0.433 e. The van der Waals surface area contributed by atoms with E-state index < -0.39 is 21.7 Å². The predicted octanol–water partition coefficient (Wildman–Crippen LogP) is 4.10. The molecule has 0 amide bonds. The summed E-state index contributed by atoms with van der Waals surface area (Å²) in [6, 6.07) is 3.80. The maximum atomic E-state index is 13.0. The molecule has 3 rings (SSSR count). The molecule has 2 heterocycles. The number of rotatable bonds is 6. The van der Waals surface area contributed by atoms with Crippen LogP contribution in [-0.2, 0) is 23.1 Å². The normalized spacial score (nSPS) is 12.6. The zero-order chi connectivity index (χ0) is 23.1. The van der Waals surface area contributed by atoms with Crippen molar-refractivity contribution in [3.8, 4) is 11.4 Å². The van der Waals surface area contributed by atoms with Crippen LogP contribution in [0.25, 0.3) is 22.4 Å². The number of sulfone groups is 1. The quantitative estimate of drug-likeness (QED) is 0.543. The van der Waals surface area contributed by atoms with E-state index in [2.05, 4.69) is 15.3 Å². The third-order valence-electron chi connectivity index (χ3n) is 4.87. The summed E-state index contributed by atoms with van der Waals surface area (Å²) in [6.07, 6.45) is -3.54. The maximum Gasteiger partial charge on any atom is 0.433 e. The van der Waals surface area contributed by atoms with Crippen molar-refractivity contribution in [2.75, 3.05) is 23.3 Å². The second-order valence-corrected chi connectivity index (χ2v) is 9.91. The second-order valence-electron chi connectivity index (χ2n) is 7.66. The molecule has 3 aromatic rings. The van der Waals surface area contributed by atoms with Gasteiger partial charge in [-0.05, 0) is 24.1 Å². The van der Waals surface area contributed by atoms with Crippen LogP contribution in [0.2, 0.25) is 0 Å². The number of hydrogen-bond acceptors (Lipinski definition) is 6. The molecule has 0 saturated carbocycles. The van der Waals surface area contributed by atoms with Crippen molar-refractivity contribution in [3.63, 3.8) is 0 Å². The Morgan fingerprint density at radius 3 is 2.48 bits per heavy atom. The molecule has 7 nitrogen and oxygen atoms in total. The Hall–Kier alpha value is -2.82. The fourth-order valence-corrected chi connectivity index (χ4v) is 4.23. The second kappa shape index (κ2) is 8.03. The van der Waals surface area contributed by atoms with Gasteiger partial charge in [0.1, 0.15) is 11.5 Å². The van der Waals surface area contributed by atoms with Gasteiger partial charge < -0.3 is 15.6 Å². The van der Waals surface area contributed by atoms with Crippen molar-refractivity contribution >= 4 is 32.2 Å².